The first kappa shape index (κ1) is 11.2. The summed E-state index contributed by atoms with van der Waals surface area (Å²) in [6.45, 7) is 4.28. The van der Waals surface area contributed by atoms with Crippen molar-refractivity contribution in [1.29, 1.82) is 5.41 Å². The Hall–Kier alpha value is -1.32. The molecule has 0 unspecified atom stereocenters. The molecule has 1 aromatic heterocycles. The first-order chi connectivity index (χ1) is 7.59. The minimum Gasteiger partial charge on any atom is -0.387 e. The molecular formula is C12H20N4. The highest BCUT2D eigenvalue weighted by molar-refractivity contribution is 5.79. The van der Waals surface area contributed by atoms with E-state index in [2.05, 4.69) is 23.6 Å². The molecule has 1 atom stereocenters. The summed E-state index contributed by atoms with van der Waals surface area (Å²) in [5, 5.41) is 12.0. The molecule has 1 aromatic rings. The topological polar surface area (TPSA) is 67.7 Å². The van der Waals surface area contributed by atoms with Gasteiger partial charge >= 0.3 is 0 Å². The van der Waals surface area contributed by atoms with E-state index in [1.54, 1.807) is 0 Å². The van der Waals surface area contributed by atoms with Crippen LogP contribution >= 0.6 is 0 Å². The number of nitrogens with two attached hydrogens (primary N) is 1. The normalized spacial score (nSPS) is 20.6. The number of amidine groups is 1. The number of rotatable bonds is 2. The van der Waals surface area contributed by atoms with Gasteiger partial charge in [-0.3, -0.25) is 10.1 Å². The molecule has 0 spiro atoms. The van der Waals surface area contributed by atoms with Crippen LogP contribution < -0.4 is 5.73 Å². The molecule has 0 aromatic carbocycles. The Bertz CT molecular complexity index is 392. The predicted octanol–water partition coefficient (Wildman–Crippen LogP) is 1.89. The maximum atomic E-state index is 7.61. The lowest BCUT2D eigenvalue weighted by molar-refractivity contribution is 0.491. The summed E-state index contributed by atoms with van der Waals surface area (Å²) in [5.74, 6) is 0.528. The van der Waals surface area contributed by atoms with Crippen molar-refractivity contribution in [2.24, 2.45) is 11.7 Å². The highest BCUT2D eigenvalue weighted by atomic mass is 15.3. The Balaban J connectivity index is 2.32. The molecule has 16 heavy (non-hydrogen) atoms. The van der Waals surface area contributed by atoms with Crippen molar-refractivity contribution in [1.82, 2.24) is 9.78 Å². The van der Waals surface area contributed by atoms with Gasteiger partial charge in [-0.05, 0) is 45.1 Å². The summed E-state index contributed by atoms with van der Waals surface area (Å²) in [6.07, 6.45) is 6.08. The van der Waals surface area contributed by atoms with Gasteiger partial charge in [0.15, 0.2) is 0 Å². The molecule has 0 aliphatic heterocycles. The molecule has 88 valence electrons. The summed E-state index contributed by atoms with van der Waals surface area (Å²) in [5.41, 5.74) is 8.27. The summed E-state index contributed by atoms with van der Waals surface area (Å²) in [6, 6.07) is 0.384. The number of nitrogens with zero attached hydrogens (tertiary/aromatic N) is 2. The standard InChI is InChI=1S/C12H20N4/c1-8(2)16-11-6-9(12(13)14)4-3-5-10(11)7-15-16/h7-9H,3-6H2,1-2H3,(H3,13,14)/t9-/m0/s1. The highest BCUT2D eigenvalue weighted by Crippen LogP contribution is 2.26. The smallest absolute Gasteiger partial charge is 0.0940 e. The largest absolute Gasteiger partial charge is 0.387 e. The van der Waals surface area contributed by atoms with E-state index in [-0.39, 0.29) is 5.92 Å². The summed E-state index contributed by atoms with van der Waals surface area (Å²) < 4.78 is 2.08. The van der Waals surface area contributed by atoms with Crippen molar-refractivity contribution in [2.75, 3.05) is 0 Å². The Morgan fingerprint density at radius 3 is 3.00 bits per heavy atom. The second-order valence-electron chi connectivity index (χ2n) is 4.90. The summed E-state index contributed by atoms with van der Waals surface area (Å²) >= 11 is 0. The monoisotopic (exact) mass is 220 g/mol. The second-order valence-corrected chi connectivity index (χ2v) is 4.90. The molecule has 0 amide bonds. The lowest BCUT2D eigenvalue weighted by atomic mass is 9.99. The average molecular weight is 220 g/mol. The van der Waals surface area contributed by atoms with E-state index >= 15 is 0 Å². The van der Waals surface area contributed by atoms with Crippen molar-refractivity contribution in [3.63, 3.8) is 0 Å². The van der Waals surface area contributed by atoms with E-state index < -0.39 is 0 Å². The highest BCUT2D eigenvalue weighted by Gasteiger charge is 2.23. The van der Waals surface area contributed by atoms with Gasteiger partial charge in [0.05, 0.1) is 12.0 Å². The van der Waals surface area contributed by atoms with E-state index in [4.69, 9.17) is 11.1 Å². The molecule has 0 saturated heterocycles. The van der Waals surface area contributed by atoms with E-state index in [0.29, 0.717) is 11.9 Å². The van der Waals surface area contributed by atoms with Crippen LogP contribution in [-0.2, 0) is 12.8 Å². The third-order valence-electron chi connectivity index (χ3n) is 3.35. The second kappa shape index (κ2) is 4.28. The van der Waals surface area contributed by atoms with Crippen LogP contribution in [0.1, 0.15) is 44.0 Å². The van der Waals surface area contributed by atoms with Gasteiger partial charge in [-0.1, -0.05) is 0 Å². The third-order valence-corrected chi connectivity index (χ3v) is 3.35. The number of aryl methyl sites for hydroxylation is 1. The maximum Gasteiger partial charge on any atom is 0.0940 e. The van der Waals surface area contributed by atoms with Crippen molar-refractivity contribution >= 4 is 5.84 Å². The van der Waals surface area contributed by atoms with Gasteiger partial charge in [0.25, 0.3) is 0 Å². The number of nitrogens with one attached hydrogen (secondary N) is 1. The van der Waals surface area contributed by atoms with Gasteiger partial charge in [0, 0.05) is 17.7 Å². The van der Waals surface area contributed by atoms with E-state index in [0.717, 1.165) is 25.7 Å². The van der Waals surface area contributed by atoms with Crippen LogP contribution in [0.4, 0.5) is 0 Å². The van der Waals surface area contributed by atoms with E-state index in [1.807, 2.05) is 6.20 Å². The van der Waals surface area contributed by atoms with Gasteiger partial charge in [-0.2, -0.15) is 5.10 Å². The molecule has 4 heteroatoms. The molecule has 4 nitrogen and oxygen atoms in total. The van der Waals surface area contributed by atoms with Crippen molar-refractivity contribution in [2.45, 2.75) is 45.6 Å². The molecule has 1 aliphatic carbocycles. The lowest BCUT2D eigenvalue weighted by Gasteiger charge is -2.16. The molecule has 0 saturated carbocycles. The maximum absolute atomic E-state index is 7.61. The molecule has 0 fully saturated rings. The quantitative estimate of drug-likeness (QED) is 0.454. The molecule has 3 N–H and O–H groups in total. The fraction of sp³-hybridized carbons (Fsp3) is 0.667. The number of hydrogen-bond acceptors (Lipinski definition) is 2. The van der Waals surface area contributed by atoms with Crippen molar-refractivity contribution < 1.29 is 0 Å². The first-order valence-electron chi connectivity index (χ1n) is 5.98. The molecule has 0 radical (unpaired) electrons. The number of hydrogen-bond donors (Lipinski definition) is 2. The fourth-order valence-electron chi connectivity index (χ4n) is 2.44. The van der Waals surface area contributed by atoms with Gasteiger partial charge in [0.1, 0.15) is 0 Å². The van der Waals surface area contributed by atoms with Crippen LogP contribution in [0.2, 0.25) is 0 Å². The minimum absolute atomic E-state index is 0.204. The Labute approximate surface area is 96.3 Å². The van der Waals surface area contributed by atoms with Crippen molar-refractivity contribution in [3.05, 3.63) is 17.5 Å². The number of fused-ring (bicyclic) bond motifs is 1. The average Bonchev–Trinajstić information content (AvgIpc) is 2.48. The Kier molecular flexibility index (Phi) is 2.99. The molecule has 2 rings (SSSR count). The first-order valence-corrected chi connectivity index (χ1v) is 5.98. The molecule has 1 aliphatic rings. The zero-order valence-corrected chi connectivity index (χ0v) is 10.0. The van der Waals surface area contributed by atoms with Crippen LogP contribution in [0, 0.1) is 11.3 Å². The zero-order chi connectivity index (χ0) is 11.7. The van der Waals surface area contributed by atoms with Crippen LogP contribution in [0.15, 0.2) is 6.20 Å². The summed E-state index contributed by atoms with van der Waals surface area (Å²) in [7, 11) is 0. The van der Waals surface area contributed by atoms with E-state index in [1.165, 1.54) is 11.3 Å². The van der Waals surface area contributed by atoms with Crippen LogP contribution in [0.5, 0.6) is 0 Å². The SMILES string of the molecule is CC(C)n1ncc2c1C[C@@H](C(=N)N)CCC2. The molecule has 0 bridgehead atoms. The minimum atomic E-state index is 0.204. The molecular weight excluding hydrogens is 200 g/mol. The molecule has 1 heterocycles. The van der Waals surface area contributed by atoms with Gasteiger partial charge in [-0.25, -0.2) is 0 Å². The van der Waals surface area contributed by atoms with E-state index in [9.17, 15) is 0 Å². The zero-order valence-electron chi connectivity index (χ0n) is 10.0. The van der Waals surface area contributed by atoms with Crippen LogP contribution in [0.25, 0.3) is 0 Å². The lowest BCUT2D eigenvalue weighted by Crippen LogP contribution is -2.25. The van der Waals surface area contributed by atoms with Crippen molar-refractivity contribution in [3.8, 4) is 0 Å². The predicted molar refractivity (Wildman–Crippen MR) is 64.7 cm³/mol. The number of aromatic nitrogens is 2. The third kappa shape index (κ3) is 1.96. The van der Waals surface area contributed by atoms with Crippen LogP contribution in [-0.4, -0.2) is 15.6 Å². The van der Waals surface area contributed by atoms with Gasteiger partial charge in [-0.15, -0.1) is 0 Å². The van der Waals surface area contributed by atoms with Gasteiger partial charge < -0.3 is 5.73 Å². The Morgan fingerprint density at radius 2 is 2.38 bits per heavy atom. The Morgan fingerprint density at radius 1 is 1.62 bits per heavy atom. The van der Waals surface area contributed by atoms with Crippen LogP contribution in [0.3, 0.4) is 0 Å². The van der Waals surface area contributed by atoms with Gasteiger partial charge in [0.2, 0.25) is 0 Å². The fourth-order valence-corrected chi connectivity index (χ4v) is 2.44. The summed E-state index contributed by atoms with van der Waals surface area (Å²) in [4.78, 5) is 0.